The molecule has 1 amide bonds. The topological polar surface area (TPSA) is 99.3 Å². The van der Waals surface area contributed by atoms with Crippen LogP contribution >= 0.6 is 0 Å². The average Bonchev–Trinajstić information content (AvgIpc) is 2.96. The number of hydrogen-bond donors (Lipinski definition) is 3. The molecule has 3 N–H and O–H groups in total. The van der Waals surface area contributed by atoms with Gasteiger partial charge < -0.3 is 5.32 Å². The maximum absolute atomic E-state index is 11.6. The highest BCUT2D eigenvalue weighted by molar-refractivity contribution is 5.90. The Morgan fingerprint density at radius 1 is 1.41 bits per heavy atom. The van der Waals surface area contributed by atoms with Gasteiger partial charge in [0.1, 0.15) is 6.33 Å². The van der Waals surface area contributed by atoms with Gasteiger partial charge in [-0.1, -0.05) is 13.8 Å². The van der Waals surface area contributed by atoms with E-state index in [0.29, 0.717) is 12.5 Å². The number of nitrogens with one attached hydrogen (secondary N) is 3. The molecule has 90 valence electrons. The van der Waals surface area contributed by atoms with E-state index in [1.807, 2.05) is 0 Å². The third-order valence-electron chi connectivity index (χ3n) is 2.43. The van der Waals surface area contributed by atoms with Gasteiger partial charge in [-0.3, -0.25) is 15.0 Å². The fourth-order valence-electron chi connectivity index (χ4n) is 1.53. The minimum Gasteiger partial charge on any atom is -0.344 e. The fourth-order valence-corrected chi connectivity index (χ4v) is 1.53. The molecular formula is C10H14N6O. The average molecular weight is 234 g/mol. The van der Waals surface area contributed by atoms with Crippen LogP contribution in [0.15, 0.2) is 12.5 Å². The lowest BCUT2D eigenvalue weighted by Gasteiger charge is -2.06. The van der Waals surface area contributed by atoms with Gasteiger partial charge in [-0.2, -0.15) is 10.2 Å². The van der Waals surface area contributed by atoms with Crippen LogP contribution in [-0.2, 0) is 6.54 Å². The van der Waals surface area contributed by atoms with E-state index in [2.05, 4.69) is 44.5 Å². The van der Waals surface area contributed by atoms with E-state index in [9.17, 15) is 4.79 Å². The number of nitrogens with zero attached hydrogens (tertiary/aromatic N) is 3. The molecule has 0 bridgehead atoms. The lowest BCUT2D eigenvalue weighted by molar-refractivity contribution is 0.0940. The second-order valence-corrected chi connectivity index (χ2v) is 3.98. The second-order valence-electron chi connectivity index (χ2n) is 3.98. The van der Waals surface area contributed by atoms with Crippen LogP contribution in [0.3, 0.4) is 0 Å². The molecule has 0 saturated heterocycles. The monoisotopic (exact) mass is 234 g/mol. The minimum absolute atomic E-state index is 0.204. The standard InChI is InChI=1S/C10H14N6O/c1-6(2)7-3-13-15-8(7)4-11-10(17)9-12-5-14-16-9/h3,5-6H,4H2,1-2H3,(H,11,17)(H,13,15)(H,12,14,16). The Hall–Kier alpha value is -2.18. The van der Waals surface area contributed by atoms with Crippen molar-refractivity contribution in [2.45, 2.75) is 26.3 Å². The van der Waals surface area contributed by atoms with Gasteiger partial charge in [0.25, 0.3) is 5.91 Å². The molecule has 2 aromatic heterocycles. The molecule has 0 atom stereocenters. The molecule has 0 aliphatic carbocycles. The lowest BCUT2D eigenvalue weighted by Crippen LogP contribution is -2.24. The zero-order valence-electron chi connectivity index (χ0n) is 9.69. The third kappa shape index (κ3) is 2.49. The van der Waals surface area contributed by atoms with E-state index in [1.54, 1.807) is 6.20 Å². The number of rotatable bonds is 4. The van der Waals surface area contributed by atoms with Gasteiger partial charge in [0.05, 0.1) is 18.4 Å². The molecule has 7 heteroatoms. The maximum Gasteiger partial charge on any atom is 0.288 e. The Morgan fingerprint density at radius 2 is 2.24 bits per heavy atom. The highest BCUT2D eigenvalue weighted by Crippen LogP contribution is 2.16. The number of amides is 1. The molecule has 0 aromatic carbocycles. The number of carbonyl (C=O) groups excluding carboxylic acids is 1. The first-order valence-electron chi connectivity index (χ1n) is 5.34. The molecule has 2 heterocycles. The number of carbonyl (C=O) groups is 1. The fraction of sp³-hybridized carbons (Fsp3) is 0.400. The molecule has 0 radical (unpaired) electrons. The number of aromatic amines is 2. The Labute approximate surface area is 98.0 Å². The highest BCUT2D eigenvalue weighted by Gasteiger charge is 2.12. The van der Waals surface area contributed by atoms with E-state index in [4.69, 9.17) is 0 Å². The summed E-state index contributed by atoms with van der Waals surface area (Å²) < 4.78 is 0. The van der Waals surface area contributed by atoms with Gasteiger partial charge in [0.2, 0.25) is 5.82 Å². The summed E-state index contributed by atoms with van der Waals surface area (Å²) in [5.41, 5.74) is 2.01. The van der Waals surface area contributed by atoms with Crippen molar-refractivity contribution in [1.29, 1.82) is 0 Å². The smallest absolute Gasteiger partial charge is 0.288 e. The van der Waals surface area contributed by atoms with Crippen LogP contribution in [0.25, 0.3) is 0 Å². The van der Waals surface area contributed by atoms with E-state index in [0.717, 1.165) is 11.3 Å². The van der Waals surface area contributed by atoms with Crippen LogP contribution in [0.1, 0.15) is 41.6 Å². The van der Waals surface area contributed by atoms with Crippen LogP contribution in [0, 0.1) is 0 Å². The van der Waals surface area contributed by atoms with Crippen molar-refractivity contribution in [3.63, 3.8) is 0 Å². The number of H-pyrrole nitrogens is 2. The normalized spacial score (nSPS) is 10.8. The first-order chi connectivity index (χ1) is 8.18. The summed E-state index contributed by atoms with van der Waals surface area (Å²) in [7, 11) is 0. The van der Waals surface area contributed by atoms with E-state index >= 15 is 0 Å². The third-order valence-corrected chi connectivity index (χ3v) is 2.43. The molecule has 7 nitrogen and oxygen atoms in total. The van der Waals surface area contributed by atoms with Crippen LogP contribution in [-0.4, -0.2) is 31.3 Å². The molecule has 2 aromatic rings. The predicted molar refractivity (Wildman–Crippen MR) is 60.2 cm³/mol. The van der Waals surface area contributed by atoms with Gasteiger partial charge in [-0.15, -0.1) is 0 Å². The summed E-state index contributed by atoms with van der Waals surface area (Å²) >= 11 is 0. The molecule has 0 aliphatic rings. The Kier molecular flexibility index (Phi) is 3.17. The first-order valence-corrected chi connectivity index (χ1v) is 5.34. The van der Waals surface area contributed by atoms with Gasteiger partial charge in [0, 0.05) is 0 Å². The maximum atomic E-state index is 11.6. The van der Waals surface area contributed by atoms with Crippen molar-refractivity contribution in [3.8, 4) is 0 Å². The number of hydrogen-bond acceptors (Lipinski definition) is 4. The molecule has 0 fully saturated rings. The van der Waals surface area contributed by atoms with E-state index in [-0.39, 0.29) is 11.7 Å². The molecule has 0 unspecified atom stereocenters. The van der Waals surface area contributed by atoms with Crippen LogP contribution in [0.2, 0.25) is 0 Å². The Bertz CT molecular complexity index is 487. The van der Waals surface area contributed by atoms with Crippen LogP contribution in [0.4, 0.5) is 0 Å². The van der Waals surface area contributed by atoms with Gasteiger partial charge in [-0.25, -0.2) is 4.98 Å². The number of aromatic nitrogens is 5. The Morgan fingerprint density at radius 3 is 2.88 bits per heavy atom. The van der Waals surface area contributed by atoms with Crippen molar-refractivity contribution in [2.75, 3.05) is 0 Å². The van der Waals surface area contributed by atoms with Crippen molar-refractivity contribution >= 4 is 5.91 Å². The zero-order valence-corrected chi connectivity index (χ0v) is 9.69. The molecule has 2 rings (SSSR count). The molecule has 0 spiro atoms. The molecule has 17 heavy (non-hydrogen) atoms. The summed E-state index contributed by atoms with van der Waals surface area (Å²) in [6.07, 6.45) is 3.07. The van der Waals surface area contributed by atoms with Crippen molar-refractivity contribution < 1.29 is 4.79 Å². The lowest BCUT2D eigenvalue weighted by atomic mass is 10.0. The van der Waals surface area contributed by atoms with E-state index in [1.165, 1.54) is 6.33 Å². The summed E-state index contributed by atoms with van der Waals surface area (Å²) in [6, 6.07) is 0. The summed E-state index contributed by atoms with van der Waals surface area (Å²) in [5.74, 6) is 0.286. The van der Waals surface area contributed by atoms with Crippen molar-refractivity contribution in [1.82, 2.24) is 30.7 Å². The summed E-state index contributed by atoms with van der Waals surface area (Å²) in [6.45, 7) is 4.55. The van der Waals surface area contributed by atoms with Crippen LogP contribution in [0.5, 0.6) is 0 Å². The SMILES string of the molecule is CC(C)c1cn[nH]c1CNC(=O)c1ncn[nH]1. The quantitative estimate of drug-likeness (QED) is 0.720. The van der Waals surface area contributed by atoms with E-state index < -0.39 is 0 Å². The van der Waals surface area contributed by atoms with Crippen molar-refractivity contribution in [3.05, 3.63) is 29.6 Å². The summed E-state index contributed by atoms with van der Waals surface area (Å²) in [4.78, 5) is 15.4. The highest BCUT2D eigenvalue weighted by atomic mass is 16.2. The second kappa shape index (κ2) is 4.77. The minimum atomic E-state index is -0.285. The van der Waals surface area contributed by atoms with Crippen molar-refractivity contribution in [2.24, 2.45) is 0 Å². The largest absolute Gasteiger partial charge is 0.344 e. The predicted octanol–water partition coefficient (Wildman–Crippen LogP) is 0.581. The molecular weight excluding hydrogens is 220 g/mol. The Balaban J connectivity index is 1.98. The van der Waals surface area contributed by atoms with Crippen LogP contribution < -0.4 is 5.32 Å². The van der Waals surface area contributed by atoms with Gasteiger partial charge in [0.15, 0.2) is 0 Å². The zero-order chi connectivity index (χ0) is 12.3. The molecule has 0 saturated carbocycles. The van der Waals surface area contributed by atoms with Gasteiger partial charge in [-0.05, 0) is 11.5 Å². The first kappa shape index (κ1) is 11.3. The van der Waals surface area contributed by atoms with Gasteiger partial charge >= 0.3 is 0 Å². The molecule has 0 aliphatic heterocycles. The summed E-state index contributed by atoms with van der Waals surface area (Å²) in [5, 5.41) is 15.7.